The van der Waals surface area contributed by atoms with Crippen molar-refractivity contribution in [3.05, 3.63) is 125 Å². The number of rotatable bonds is 6. The molecule has 0 radical (unpaired) electrons. The van der Waals surface area contributed by atoms with Crippen molar-refractivity contribution in [2.24, 2.45) is 5.92 Å². The first-order chi connectivity index (χ1) is 21.5. The van der Waals surface area contributed by atoms with Crippen LogP contribution >= 0.6 is 0 Å². The van der Waals surface area contributed by atoms with Crippen molar-refractivity contribution in [3.63, 3.8) is 0 Å². The molecule has 45 heavy (non-hydrogen) atoms. The second-order valence-corrected chi connectivity index (χ2v) is 16.5. The van der Waals surface area contributed by atoms with Crippen molar-refractivity contribution in [3.8, 4) is 11.1 Å². The molecule has 0 aromatic heterocycles. The lowest BCUT2D eigenvalue weighted by Crippen LogP contribution is -2.67. The van der Waals surface area contributed by atoms with Gasteiger partial charge in [-0.05, 0) is 140 Å². The van der Waals surface area contributed by atoms with Crippen LogP contribution in [0, 0.1) is 12.8 Å². The Morgan fingerprint density at radius 2 is 1.09 bits per heavy atom. The van der Waals surface area contributed by atoms with E-state index in [0.717, 1.165) is 17.3 Å². The van der Waals surface area contributed by atoms with Crippen LogP contribution in [-0.2, 0) is 25.6 Å². The van der Waals surface area contributed by atoms with E-state index in [9.17, 15) is 0 Å². The van der Waals surface area contributed by atoms with E-state index >= 15 is 0 Å². The fraction of sp³-hybridized carbons (Fsp3) is 0.429. The van der Waals surface area contributed by atoms with Gasteiger partial charge in [-0.3, -0.25) is 0 Å². The normalized spacial score (nSPS) is 33.3. The lowest BCUT2D eigenvalue weighted by molar-refractivity contribution is -0.0692. The zero-order valence-electron chi connectivity index (χ0n) is 27.5. The van der Waals surface area contributed by atoms with Crippen molar-refractivity contribution in [2.75, 3.05) is 0 Å². The van der Waals surface area contributed by atoms with Gasteiger partial charge in [-0.2, -0.15) is 0 Å². The van der Waals surface area contributed by atoms with Crippen molar-refractivity contribution in [1.82, 2.24) is 0 Å². The number of benzene rings is 4. The van der Waals surface area contributed by atoms with Crippen LogP contribution in [0.5, 0.6) is 0 Å². The molecule has 5 saturated carbocycles. The van der Waals surface area contributed by atoms with Crippen LogP contribution in [0.15, 0.2) is 97.1 Å². The Morgan fingerprint density at radius 3 is 1.56 bits per heavy atom. The molecular formula is C42H45BO2. The monoisotopic (exact) mass is 592 g/mol. The summed E-state index contributed by atoms with van der Waals surface area (Å²) < 4.78 is 12.6. The largest absolute Gasteiger partial charge is 0.494 e. The molecular weight excluding hydrogens is 547 g/mol. The van der Waals surface area contributed by atoms with E-state index < -0.39 is 0 Å². The van der Waals surface area contributed by atoms with Gasteiger partial charge in [-0.15, -0.1) is 0 Å². The van der Waals surface area contributed by atoms with Crippen molar-refractivity contribution in [1.29, 1.82) is 0 Å². The molecule has 1 heterocycles. The van der Waals surface area contributed by atoms with E-state index in [1.807, 2.05) is 0 Å². The molecule has 2 bridgehead atoms. The molecule has 0 spiro atoms. The molecule has 6 fully saturated rings. The van der Waals surface area contributed by atoms with E-state index in [2.05, 4.69) is 132 Å². The Morgan fingerprint density at radius 1 is 0.600 bits per heavy atom. The lowest BCUT2D eigenvalue weighted by Gasteiger charge is -2.71. The first-order valence-corrected chi connectivity index (χ1v) is 17.3. The maximum atomic E-state index is 6.28. The Labute approximate surface area is 269 Å². The first kappa shape index (κ1) is 28.1. The molecule has 1 saturated heterocycles. The summed E-state index contributed by atoms with van der Waals surface area (Å²) >= 11 is 0. The van der Waals surface area contributed by atoms with Crippen LogP contribution in [0.3, 0.4) is 0 Å². The molecule has 3 heteroatoms. The molecule has 2 nitrogen and oxygen atoms in total. The molecule has 3 atom stereocenters. The number of hydrogen-bond acceptors (Lipinski definition) is 2. The molecule has 0 amide bonds. The van der Waals surface area contributed by atoms with Crippen LogP contribution in [0.2, 0.25) is 0 Å². The first-order valence-electron chi connectivity index (χ1n) is 17.3. The minimum absolute atomic E-state index is 0.289. The van der Waals surface area contributed by atoms with Gasteiger partial charge in [0, 0.05) is 0 Å². The highest BCUT2D eigenvalue weighted by Crippen LogP contribution is 2.74. The molecule has 10 rings (SSSR count). The highest BCUT2D eigenvalue weighted by molar-refractivity contribution is 6.62. The molecule has 3 unspecified atom stereocenters. The minimum Gasteiger partial charge on any atom is -0.399 e. The van der Waals surface area contributed by atoms with Gasteiger partial charge in [0.05, 0.1) is 11.2 Å². The second-order valence-electron chi connectivity index (χ2n) is 16.5. The van der Waals surface area contributed by atoms with Crippen LogP contribution in [0.1, 0.15) is 100.0 Å². The molecule has 4 aromatic carbocycles. The Kier molecular flexibility index (Phi) is 5.77. The zero-order valence-corrected chi connectivity index (χ0v) is 27.5. The maximum Gasteiger partial charge on any atom is 0.494 e. The smallest absolute Gasteiger partial charge is 0.399 e. The van der Waals surface area contributed by atoms with E-state index in [-0.39, 0.29) is 18.3 Å². The molecule has 6 aliphatic rings. The van der Waals surface area contributed by atoms with E-state index in [0.29, 0.717) is 16.2 Å². The highest BCUT2D eigenvalue weighted by Gasteiger charge is 2.68. The van der Waals surface area contributed by atoms with Gasteiger partial charge >= 0.3 is 7.12 Å². The SMILES string of the molecule is Cc1ccc(C2CC3(c4ccc(-c5ccc(C67CC(c8ccc(B9OC(C)(C)C(C)(C)O9)cc8)(C6)C7)cc5)cc4)CCC23)cc1. The fourth-order valence-electron chi connectivity index (χ4n) is 9.90. The topological polar surface area (TPSA) is 18.5 Å². The number of aryl methyl sites for hydroxylation is 1. The summed E-state index contributed by atoms with van der Waals surface area (Å²) in [6, 6.07) is 37.5. The van der Waals surface area contributed by atoms with Crippen LogP contribution in [0.25, 0.3) is 11.1 Å². The van der Waals surface area contributed by atoms with Crippen LogP contribution in [0.4, 0.5) is 0 Å². The standard InChI is InChI=1S/C42H45BO2/c1-28-6-8-31(9-7-28)36-24-42(23-22-37(36)42)34-16-12-30(13-17-34)29-10-14-32(15-11-29)40-25-41(26-40,27-40)33-18-20-35(21-19-33)43-44-38(2,3)39(4,5)45-43/h6-21,36-37H,22-27H2,1-5H3. The minimum atomic E-state index is -0.308. The van der Waals surface area contributed by atoms with Crippen LogP contribution in [-0.4, -0.2) is 18.3 Å². The predicted molar refractivity (Wildman–Crippen MR) is 184 cm³/mol. The summed E-state index contributed by atoms with van der Waals surface area (Å²) in [6.45, 7) is 10.6. The van der Waals surface area contributed by atoms with Gasteiger partial charge < -0.3 is 9.31 Å². The van der Waals surface area contributed by atoms with E-state index in [1.165, 1.54) is 66.3 Å². The lowest BCUT2D eigenvalue weighted by atomic mass is 9.32. The fourth-order valence-corrected chi connectivity index (χ4v) is 9.90. The van der Waals surface area contributed by atoms with Gasteiger partial charge in [-0.25, -0.2) is 0 Å². The van der Waals surface area contributed by atoms with E-state index in [4.69, 9.17) is 9.31 Å². The summed E-state index contributed by atoms with van der Waals surface area (Å²) in [7, 11) is -0.289. The van der Waals surface area contributed by atoms with Gasteiger partial charge in [0.1, 0.15) is 0 Å². The molecule has 5 aliphatic carbocycles. The highest BCUT2D eigenvalue weighted by atomic mass is 16.7. The van der Waals surface area contributed by atoms with Gasteiger partial charge in [0.25, 0.3) is 0 Å². The van der Waals surface area contributed by atoms with Crippen molar-refractivity contribution >= 4 is 12.6 Å². The zero-order chi connectivity index (χ0) is 30.8. The third kappa shape index (κ3) is 3.96. The summed E-state index contributed by atoms with van der Waals surface area (Å²) in [5.74, 6) is 1.55. The van der Waals surface area contributed by atoms with Crippen molar-refractivity contribution < 1.29 is 9.31 Å². The molecule has 228 valence electrons. The quantitative estimate of drug-likeness (QED) is 0.208. The molecule has 1 aliphatic heterocycles. The summed E-state index contributed by atoms with van der Waals surface area (Å²) in [6.07, 6.45) is 7.81. The number of fused-ring (bicyclic) bond motifs is 1. The predicted octanol–water partition coefficient (Wildman–Crippen LogP) is 9.17. The number of hydrogen-bond donors (Lipinski definition) is 0. The Hall–Kier alpha value is -3.14. The second kappa shape index (κ2) is 9.23. The third-order valence-electron chi connectivity index (χ3n) is 13.6. The summed E-state index contributed by atoms with van der Waals surface area (Å²) in [4.78, 5) is 0. The summed E-state index contributed by atoms with van der Waals surface area (Å²) in [5, 5.41) is 0. The maximum absolute atomic E-state index is 6.28. The summed E-state index contributed by atoms with van der Waals surface area (Å²) in [5.41, 5.74) is 11.8. The average molecular weight is 593 g/mol. The molecule has 4 aromatic rings. The van der Waals surface area contributed by atoms with Crippen LogP contribution < -0.4 is 5.46 Å². The average Bonchev–Trinajstić information content (AvgIpc) is 3.21. The third-order valence-corrected chi connectivity index (χ3v) is 13.6. The van der Waals surface area contributed by atoms with Gasteiger partial charge in [0.2, 0.25) is 0 Å². The van der Waals surface area contributed by atoms with E-state index in [1.54, 1.807) is 11.1 Å². The van der Waals surface area contributed by atoms with Gasteiger partial charge in [-0.1, -0.05) is 103 Å². The Balaban J connectivity index is 0.841. The van der Waals surface area contributed by atoms with Crippen molar-refractivity contribution in [2.45, 2.75) is 107 Å². The Bertz CT molecular complexity index is 1730. The van der Waals surface area contributed by atoms with Gasteiger partial charge in [0.15, 0.2) is 0 Å². The molecule has 0 N–H and O–H groups in total.